The maximum Gasteiger partial charge on any atom is 0.229 e. The molecule has 2 N–H and O–H groups in total. The fourth-order valence-corrected chi connectivity index (χ4v) is 6.02. The molecule has 1 aliphatic rings. The van der Waals surface area contributed by atoms with Crippen molar-refractivity contribution in [3.63, 3.8) is 0 Å². The molecule has 7 nitrogen and oxygen atoms in total. The lowest BCUT2D eigenvalue weighted by molar-refractivity contribution is -0.123. The Morgan fingerprint density at radius 2 is 1.81 bits per heavy atom. The van der Waals surface area contributed by atoms with Crippen LogP contribution in [0.3, 0.4) is 0 Å². The van der Waals surface area contributed by atoms with Crippen LogP contribution in [0.5, 0.6) is 5.75 Å². The van der Waals surface area contributed by atoms with E-state index in [0.29, 0.717) is 16.5 Å². The Bertz CT molecular complexity index is 1620. The lowest BCUT2D eigenvalue weighted by atomic mass is 9.95. The van der Waals surface area contributed by atoms with E-state index in [1.807, 2.05) is 63.4 Å². The minimum Gasteiger partial charge on any atom is -0.494 e. The predicted octanol–water partition coefficient (Wildman–Crippen LogP) is 7.22. The minimum absolute atomic E-state index is 0.0835. The van der Waals surface area contributed by atoms with Gasteiger partial charge in [0.2, 0.25) is 5.91 Å². The molecule has 1 fully saturated rings. The zero-order chi connectivity index (χ0) is 30.2. The van der Waals surface area contributed by atoms with Crippen LogP contribution in [0.25, 0.3) is 5.69 Å². The maximum absolute atomic E-state index is 12.7. The van der Waals surface area contributed by atoms with Gasteiger partial charge in [-0.15, -0.1) is 0 Å². The van der Waals surface area contributed by atoms with Gasteiger partial charge in [-0.05, 0) is 80.0 Å². The Labute approximate surface area is 253 Å². The Hall–Kier alpha value is -4.17. The lowest BCUT2D eigenvalue weighted by Crippen LogP contribution is -2.30. The lowest BCUT2D eigenvalue weighted by Gasteiger charge is -2.29. The quantitative estimate of drug-likeness (QED) is 0.225. The van der Waals surface area contributed by atoms with Crippen molar-refractivity contribution < 1.29 is 9.53 Å². The second-order valence-corrected chi connectivity index (χ2v) is 12.1. The first kappa shape index (κ1) is 29.3. The largest absolute Gasteiger partial charge is 0.494 e. The molecule has 0 unspecified atom stereocenters. The first-order chi connectivity index (χ1) is 20.0. The number of hydrogen-bond acceptors (Lipinski definition) is 4. The van der Waals surface area contributed by atoms with E-state index in [1.165, 1.54) is 11.3 Å². The topological polar surface area (TPSA) is 71.4 Å². The van der Waals surface area contributed by atoms with Crippen LogP contribution in [-0.2, 0) is 11.2 Å². The monoisotopic (exact) mass is 581 g/mol. The highest BCUT2D eigenvalue weighted by atomic mass is 32.1. The highest BCUT2D eigenvalue weighted by molar-refractivity contribution is 7.80. The zero-order valence-corrected chi connectivity index (χ0v) is 26.2. The standard InChI is InChI=1S/C34H39N5O2S/c1-8-23-13-9-10-15-28(23)38-21(2)19-25(22(38)3)31-30(27-14-11-12-18-35-27)37-33(42)39(31)24-16-17-26(29(20-24)41-7)36-32(40)34(4,5)6/h9-20,30-31H,8H2,1-7H3,(H,36,40)(H,37,42)/t30-,31-/m1/s1. The van der Waals surface area contributed by atoms with Crippen LogP contribution in [0.1, 0.15) is 68.0 Å². The zero-order valence-electron chi connectivity index (χ0n) is 25.4. The summed E-state index contributed by atoms with van der Waals surface area (Å²) in [6.07, 6.45) is 2.76. The number of methoxy groups -OCH3 is 1. The first-order valence-corrected chi connectivity index (χ1v) is 14.7. The number of rotatable bonds is 7. The third kappa shape index (κ3) is 5.39. The van der Waals surface area contributed by atoms with Crippen LogP contribution < -0.4 is 20.3 Å². The number of aryl methyl sites for hydroxylation is 2. The van der Waals surface area contributed by atoms with Gasteiger partial charge in [-0.25, -0.2) is 0 Å². The van der Waals surface area contributed by atoms with Gasteiger partial charge >= 0.3 is 0 Å². The number of anilines is 2. The number of carbonyl (C=O) groups is 1. The van der Waals surface area contributed by atoms with Crippen LogP contribution in [0.15, 0.2) is 72.9 Å². The van der Waals surface area contributed by atoms with Gasteiger partial charge in [0.15, 0.2) is 5.11 Å². The van der Waals surface area contributed by atoms with Crippen molar-refractivity contribution >= 4 is 34.6 Å². The molecule has 2 atom stereocenters. The summed E-state index contributed by atoms with van der Waals surface area (Å²) in [5, 5.41) is 7.18. The van der Waals surface area contributed by atoms with E-state index in [9.17, 15) is 4.79 Å². The van der Waals surface area contributed by atoms with Gasteiger partial charge in [0.05, 0.1) is 30.6 Å². The van der Waals surface area contributed by atoms with Gasteiger partial charge in [0.25, 0.3) is 0 Å². The molecule has 0 spiro atoms. The summed E-state index contributed by atoms with van der Waals surface area (Å²) in [6, 6.07) is 22.2. The van der Waals surface area contributed by atoms with Gasteiger partial charge in [-0.1, -0.05) is 52.0 Å². The Balaban J connectivity index is 1.64. The van der Waals surface area contributed by atoms with Crippen molar-refractivity contribution in [3.8, 4) is 11.4 Å². The number of thiocarbonyl (C=S) groups is 1. The van der Waals surface area contributed by atoms with Crippen molar-refractivity contribution in [2.45, 2.75) is 60.0 Å². The molecule has 0 saturated carbocycles. The number of nitrogens with zero attached hydrogens (tertiary/aromatic N) is 3. The smallest absolute Gasteiger partial charge is 0.229 e. The molecule has 1 aliphatic heterocycles. The van der Waals surface area contributed by atoms with Crippen molar-refractivity contribution in [3.05, 3.63) is 101 Å². The third-order valence-corrected chi connectivity index (χ3v) is 8.21. The molecule has 0 bridgehead atoms. The molecule has 3 heterocycles. The fourth-order valence-electron chi connectivity index (χ4n) is 5.68. The number of hydrogen-bond donors (Lipinski definition) is 2. The summed E-state index contributed by atoms with van der Waals surface area (Å²) in [4.78, 5) is 19.6. The van der Waals surface area contributed by atoms with Gasteiger partial charge in [-0.2, -0.15) is 0 Å². The van der Waals surface area contributed by atoms with E-state index in [0.717, 1.165) is 34.8 Å². The second-order valence-electron chi connectivity index (χ2n) is 11.7. The number of pyridine rings is 1. The molecule has 4 aromatic rings. The predicted molar refractivity (Wildman–Crippen MR) is 174 cm³/mol. The number of para-hydroxylation sites is 1. The number of amides is 1. The normalized spacial score (nSPS) is 16.8. The van der Waals surface area contributed by atoms with Crippen molar-refractivity contribution in [2.24, 2.45) is 5.41 Å². The highest BCUT2D eigenvalue weighted by Crippen LogP contribution is 2.45. The van der Waals surface area contributed by atoms with Crippen LogP contribution in [-0.4, -0.2) is 27.7 Å². The molecule has 0 radical (unpaired) electrons. The molecule has 1 amide bonds. The highest BCUT2D eigenvalue weighted by Gasteiger charge is 2.42. The summed E-state index contributed by atoms with van der Waals surface area (Å²) in [5.74, 6) is 0.482. The van der Waals surface area contributed by atoms with Gasteiger partial charge in [0.1, 0.15) is 5.75 Å². The number of ether oxygens (including phenoxy) is 1. The average Bonchev–Trinajstić information content (AvgIpc) is 3.47. The number of nitrogens with one attached hydrogen (secondary N) is 2. The Kier molecular flexibility index (Phi) is 8.10. The van der Waals surface area contributed by atoms with Gasteiger partial charge in [0, 0.05) is 40.4 Å². The fraction of sp³-hybridized carbons (Fsp3) is 0.324. The number of carbonyl (C=O) groups excluding carboxylic acids is 1. The van der Waals surface area contributed by atoms with E-state index >= 15 is 0 Å². The average molecular weight is 582 g/mol. The van der Waals surface area contributed by atoms with Crippen LogP contribution in [0.2, 0.25) is 0 Å². The summed E-state index contributed by atoms with van der Waals surface area (Å²) >= 11 is 5.99. The molecular formula is C34H39N5O2S. The number of benzene rings is 2. The van der Waals surface area contributed by atoms with Crippen molar-refractivity contribution in [2.75, 3.05) is 17.3 Å². The molecule has 218 valence electrons. The molecule has 42 heavy (non-hydrogen) atoms. The Morgan fingerprint density at radius 3 is 2.48 bits per heavy atom. The first-order valence-electron chi connectivity index (χ1n) is 14.3. The molecule has 2 aromatic carbocycles. The van der Waals surface area contributed by atoms with E-state index in [1.54, 1.807) is 7.11 Å². The Morgan fingerprint density at radius 1 is 1.07 bits per heavy atom. The van der Waals surface area contributed by atoms with Crippen LogP contribution in [0.4, 0.5) is 11.4 Å². The SMILES string of the molecule is CCc1ccccc1-n1c(C)cc([C@@H]2[C@@H](c3ccccn3)NC(=S)N2c2ccc(NC(=O)C(C)(C)C)c(OC)c2)c1C. The summed E-state index contributed by atoms with van der Waals surface area (Å²) in [6.45, 7) is 12.2. The molecule has 5 rings (SSSR count). The minimum atomic E-state index is -0.538. The second kappa shape index (κ2) is 11.6. The molecule has 2 aromatic heterocycles. The van der Waals surface area contributed by atoms with E-state index < -0.39 is 5.41 Å². The maximum atomic E-state index is 12.7. The van der Waals surface area contributed by atoms with Gasteiger partial charge in [-0.3, -0.25) is 9.78 Å². The molecule has 1 saturated heterocycles. The van der Waals surface area contributed by atoms with E-state index in [2.05, 4.69) is 71.2 Å². The molecular weight excluding hydrogens is 542 g/mol. The number of aromatic nitrogens is 2. The van der Waals surface area contributed by atoms with Gasteiger partial charge < -0.3 is 24.8 Å². The van der Waals surface area contributed by atoms with Crippen LogP contribution in [0, 0.1) is 19.3 Å². The van der Waals surface area contributed by atoms with E-state index in [4.69, 9.17) is 21.9 Å². The van der Waals surface area contributed by atoms with Crippen molar-refractivity contribution in [1.82, 2.24) is 14.9 Å². The molecule has 0 aliphatic carbocycles. The van der Waals surface area contributed by atoms with E-state index in [-0.39, 0.29) is 18.0 Å². The van der Waals surface area contributed by atoms with Crippen molar-refractivity contribution in [1.29, 1.82) is 0 Å². The third-order valence-electron chi connectivity index (χ3n) is 7.89. The molecule has 8 heteroatoms. The summed E-state index contributed by atoms with van der Waals surface area (Å²) < 4.78 is 8.10. The summed E-state index contributed by atoms with van der Waals surface area (Å²) in [7, 11) is 1.61. The summed E-state index contributed by atoms with van der Waals surface area (Å²) in [5.41, 5.74) is 7.79. The van der Waals surface area contributed by atoms with Crippen LogP contribution >= 0.6 is 12.2 Å².